The maximum atomic E-state index is 4.51. The fourth-order valence-electron chi connectivity index (χ4n) is 3.99. The van der Waals surface area contributed by atoms with Crippen molar-refractivity contribution in [3.8, 4) is 0 Å². The minimum absolute atomic E-state index is 0.0266. The van der Waals surface area contributed by atoms with Crippen LogP contribution in [0.2, 0.25) is 0 Å². The van der Waals surface area contributed by atoms with E-state index >= 15 is 0 Å². The molecule has 0 radical (unpaired) electrons. The second kappa shape index (κ2) is 6.45. The molecule has 6 nitrogen and oxygen atoms in total. The van der Waals surface area contributed by atoms with Gasteiger partial charge in [0.1, 0.15) is 5.01 Å². The first kappa shape index (κ1) is 17.1. The van der Waals surface area contributed by atoms with E-state index in [1.54, 1.807) is 11.3 Å². The van der Waals surface area contributed by atoms with Crippen molar-refractivity contribution in [3.63, 3.8) is 0 Å². The Hall–Kier alpha value is -1.31. The maximum Gasteiger partial charge on any atom is 0.107 e. The van der Waals surface area contributed by atoms with Gasteiger partial charge in [-0.2, -0.15) is 0 Å². The maximum absolute atomic E-state index is 4.51. The van der Waals surface area contributed by atoms with E-state index < -0.39 is 0 Å². The minimum Gasteiger partial charge on any atom is -0.317 e. The summed E-state index contributed by atoms with van der Waals surface area (Å²) >= 11 is 1.75. The Morgan fingerprint density at radius 1 is 1.32 bits per heavy atom. The van der Waals surface area contributed by atoms with Crippen molar-refractivity contribution in [2.75, 3.05) is 13.1 Å². The molecule has 2 aromatic rings. The van der Waals surface area contributed by atoms with Gasteiger partial charge in [0.15, 0.2) is 0 Å². The first-order chi connectivity index (χ1) is 12.0. The fourth-order valence-corrected chi connectivity index (χ4v) is 4.63. The SMILES string of the molecule is CC(C)(C)n1cc(CN(Cc2nccs2)C2CC23CCNCC3)nn1. The summed E-state index contributed by atoms with van der Waals surface area (Å²) in [4.78, 5) is 7.09. The number of nitrogens with one attached hydrogen (secondary N) is 1. The predicted molar refractivity (Wildman–Crippen MR) is 99.3 cm³/mol. The molecule has 1 saturated heterocycles. The first-order valence-electron chi connectivity index (χ1n) is 9.21. The van der Waals surface area contributed by atoms with Crippen molar-refractivity contribution in [1.29, 1.82) is 0 Å². The van der Waals surface area contributed by atoms with Gasteiger partial charge in [-0.1, -0.05) is 5.21 Å². The van der Waals surface area contributed by atoms with Gasteiger partial charge < -0.3 is 5.32 Å². The summed E-state index contributed by atoms with van der Waals surface area (Å²) in [6, 6.07) is 0.651. The van der Waals surface area contributed by atoms with Gasteiger partial charge in [-0.3, -0.25) is 4.90 Å². The molecule has 2 aromatic heterocycles. The molecule has 0 aromatic carbocycles. The van der Waals surface area contributed by atoms with Gasteiger partial charge in [0.2, 0.25) is 0 Å². The Morgan fingerprint density at radius 2 is 2.12 bits per heavy atom. The second-order valence-corrected chi connectivity index (χ2v) is 9.47. The van der Waals surface area contributed by atoms with Gasteiger partial charge in [-0.25, -0.2) is 9.67 Å². The topological polar surface area (TPSA) is 58.9 Å². The van der Waals surface area contributed by atoms with Crippen molar-refractivity contribution in [1.82, 2.24) is 30.2 Å². The molecule has 25 heavy (non-hydrogen) atoms. The van der Waals surface area contributed by atoms with Crippen LogP contribution < -0.4 is 5.32 Å². The summed E-state index contributed by atoms with van der Waals surface area (Å²) in [5, 5.41) is 15.5. The largest absolute Gasteiger partial charge is 0.317 e. The average Bonchev–Trinajstić information content (AvgIpc) is 3.00. The molecule has 1 saturated carbocycles. The highest BCUT2D eigenvalue weighted by molar-refractivity contribution is 7.09. The van der Waals surface area contributed by atoms with E-state index in [1.165, 1.54) is 24.3 Å². The lowest BCUT2D eigenvalue weighted by atomic mass is 9.93. The molecule has 1 N–H and O–H groups in total. The van der Waals surface area contributed by atoms with Gasteiger partial charge in [0, 0.05) is 24.2 Å². The molecular weight excluding hydrogens is 332 g/mol. The summed E-state index contributed by atoms with van der Waals surface area (Å²) in [6.45, 7) is 10.6. The highest BCUT2D eigenvalue weighted by Gasteiger charge is 2.56. The lowest BCUT2D eigenvalue weighted by molar-refractivity contribution is 0.186. The van der Waals surface area contributed by atoms with Gasteiger partial charge in [-0.15, -0.1) is 16.4 Å². The molecule has 1 unspecified atom stereocenters. The molecule has 0 bridgehead atoms. The Bertz CT molecular complexity index is 695. The third-order valence-corrected chi connectivity index (χ3v) is 6.37. The number of rotatable bonds is 5. The van der Waals surface area contributed by atoms with E-state index in [4.69, 9.17) is 0 Å². The number of aromatic nitrogens is 4. The predicted octanol–water partition coefficient (Wildman–Crippen LogP) is 2.63. The quantitative estimate of drug-likeness (QED) is 0.888. The fraction of sp³-hybridized carbons (Fsp3) is 0.722. The normalized spacial score (nSPS) is 22.6. The van der Waals surface area contributed by atoms with Crippen LogP contribution in [0.5, 0.6) is 0 Å². The molecule has 1 aliphatic heterocycles. The first-order valence-corrected chi connectivity index (χ1v) is 10.1. The molecule has 1 aliphatic carbocycles. The van der Waals surface area contributed by atoms with Gasteiger partial charge in [0.05, 0.1) is 24.0 Å². The standard InChI is InChI=1S/C18H28N6S/c1-17(2,3)24-12-14(21-22-24)11-23(13-16-20-8-9-25-16)15-10-18(15)4-6-19-7-5-18/h8-9,12,15,19H,4-7,10-11,13H2,1-3H3. The van der Waals surface area contributed by atoms with Crippen molar-refractivity contribution in [2.24, 2.45) is 5.41 Å². The minimum atomic E-state index is -0.0266. The van der Waals surface area contributed by atoms with Crippen molar-refractivity contribution >= 4 is 11.3 Å². The number of piperidine rings is 1. The van der Waals surface area contributed by atoms with Crippen LogP contribution in [0.4, 0.5) is 0 Å². The summed E-state index contributed by atoms with van der Waals surface area (Å²) in [7, 11) is 0. The highest BCUT2D eigenvalue weighted by atomic mass is 32.1. The molecule has 7 heteroatoms. The van der Waals surface area contributed by atoms with Crippen LogP contribution in [-0.2, 0) is 18.6 Å². The van der Waals surface area contributed by atoms with E-state index in [2.05, 4.69) is 57.9 Å². The lowest BCUT2D eigenvalue weighted by Gasteiger charge is -2.28. The molecule has 2 aliphatic rings. The van der Waals surface area contributed by atoms with Crippen LogP contribution in [-0.4, -0.2) is 44.0 Å². The van der Waals surface area contributed by atoms with Gasteiger partial charge in [0.25, 0.3) is 0 Å². The Morgan fingerprint density at radius 3 is 2.76 bits per heavy atom. The van der Waals surface area contributed by atoms with Crippen LogP contribution in [0, 0.1) is 5.41 Å². The Balaban J connectivity index is 1.51. The Labute approximate surface area is 153 Å². The molecular formula is C18H28N6S. The molecule has 0 amide bonds. The summed E-state index contributed by atoms with van der Waals surface area (Å²) < 4.78 is 1.97. The molecule has 1 spiro atoms. The summed E-state index contributed by atoms with van der Waals surface area (Å²) in [6.07, 6.45) is 7.91. The van der Waals surface area contributed by atoms with Gasteiger partial charge in [-0.05, 0) is 58.5 Å². The molecule has 4 rings (SSSR count). The van der Waals surface area contributed by atoms with Crippen molar-refractivity contribution in [3.05, 3.63) is 28.5 Å². The second-order valence-electron chi connectivity index (χ2n) is 8.49. The average molecular weight is 361 g/mol. The number of nitrogens with zero attached hydrogens (tertiary/aromatic N) is 5. The number of hydrogen-bond donors (Lipinski definition) is 1. The Kier molecular flexibility index (Phi) is 4.42. The van der Waals surface area contributed by atoms with E-state index in [0.29, 0.717) is 11.5 Å². The van der Waals surface area contributed by atoms with Crippen LogP contribution in [0.25, 0.3) is 0 Å². The van der Waals surface area contributed by atoms with Crippen LogP contribution in [0.1, 0.15) is 50.7 Å². The lowest BCUT2D eigenvalue weighted by Crippen LogP contribution is -2.35. The zero-order chi connectivity index (χ0) is 17.5. The summed E-state index contributed by atoms with van der Waals surface area (Å²) in [5.74, 6) is 0. The van der Waals surface area contributed by atoms with Crippen molar-refractivity contribution in [2.45, 2.75) is 64.7 Å². The van der Waals surface area contributed by atoms with Gasteiger partial charge >= 0.3 is 0 Å². The zero-order valence-corrected chi connectivity index (χ0v) is 16.2. The molecule has 2 fully saturated rings. The number of thiazole rings is 1. The highest BCUT2D eigenvalue weighted by Crippen LogP contribution is 2.56. The zero-order valence-electron chi connectivity index (χ0n) is 15.4. The van der Waals surface area contributed by atoms with E-state index in [-0.39, 0.29) is 5.54 Å². The van der Waals surface area contributed by atoms with Crippen molar-refractivity contribution < 1.29 is 0 Å². The summed E-state index contributed by atoms with van der Waals surface area (Å²) in [5.41, 5.74) is 1.55. The van der Waals surface area contributed by atoms with Crippen LogP contribution in [0.15, 0.2) is 17.8 Å². The third kappa shape index (κ3) is 3.64. The van der Waals surface area contributed by atoms with Crippen LogP contribution in [0.3, 0.4) is 0 Å². The third-order valence-electron chi connectivity index (χ3n) is 5.60. The molecule has 1 atom stereocenters. The van der Waals surface area contributed by atoms with Crippen LogP contribution >= 0.6 is 11.3 Å². The monoisotopic (exact) mass is 360 g/mol. The smallest absolute Gasteiger partial charge is 0.107 e. The number of hydrogen-bond acceptors (Lipinski definition) is 6. The van der Waals surface area contributed by atoms with E-state index in [9.17, 15) is 0 Å². The molecule has 136 valence electrons. The van der Waals surface area contributed by atoms with E-state index in [0.717, 1.165) is 31.9 Å². The molecule has 3 heterocycles. The van der Waals surface area contributed by atoms with E-state index in [1.807, 2.05) is 10.9 Å².